The third-order valence-electron chi connectivity index (χ3n) is 4.84. The molecule has 0 atom stereocenters. The summed E-state index contributed by atoms with van der Waals surface area (Å²) in [6.45, 7) is 4.26. The lowest BCUT2D eigenvalue weighted by Gasteiger charge is -2.09. The van der Waals surface area contributed by atoms with Gasteiger partial charge in [-0.05, 0) is 66.4 Å². The Bertz CT molecular complexity index is 869. The van der Waals surface area contributed by atoms with Crippen molar-refractivity contribution < 1.29 is 4.74 Å². The number of hydrogen-bond acceptors (Lipinski definition) is 2. The van der Waals surface area contributed by atoms with Crippen LogP contribution in [0.5, 0.6) is 5.75 Å². The van der Waals surface area contributed by atoms with Crippen LogP contribution in [0.25, 0.3) is 22.0 Å². The van der Waals surface area contributed by atoms with Crippen LogP contribution in [-0.2, 0) is 12.8 Å². The number of rotatable bonds is 2. The molecular weight excluding hydrogens is 320 g/mol. The topological polar surface area (TPSA) is 37.0 Å². The van der Waals surface area contributed by atoms with Crippen LogP contribution in [0, 0.1) is 6.92 Å². The van der Waals surface area contributed by atoms with Crippen molar-refractivity contribution in [3.05, 3.63) is 53.2 Å². The summed E-state index contributed by atoms with van der Waals surface area (Å²) in [6, 6.07) is 13.1. The van der Waals surface area contributed by atoms with E-state index in [4.69, 9.17) is 4.74 Å². The molecule has 24 heavy (non-hydrogen) atoms. The van der Waals surface area contributed by atoms with Crippen LogP contribution in [0.15, 0.2) is 36.4 Å². The first-order chi connectivity index (χ1) is 11.3. The number of methoxy groups -OCH3 is 1. The van der Waals surface area contributed by atoms with Gasteiger partial charge >= 0.3 is 0 Å². The van der Waals surface area contributed by atoms with Crippen LogP contribution in [0.2, 0.25) is 0 Å². The normalized spacial score (nSPS) is 13.9. The number of aromatic amines is 1. The van der Waals surface area contributed by atoms with Gasteiger partial charge in [-0.1, -0.05) is 12.1 Å². The van der Waals surface area contributed by atoms with Gasteiger partial charge in [0.2, 0.25) is 0 Å². The molecule has 3 nitrogen and oxygen atoms in total. The minimum absolute atomic E-state index is 0. The van der Waals surface area contributed by atoms with Gasteiger partial charge in [-0.25, -0.2) is 0 Å². The van der Waals surface area contributed by atoms with Gasteiger partial charge in [0.05, 0.1) is 7.11 Å². The quantitative estimate of drug-likeness (QED) is 0.730. The molecule has 4 rings (SSSR count). The summed E-state index contributed by atoms with van der Waals surface area (Å²) in [6.07, 6.45) is 2.18. The molecule has 0 saturated heterocycles. The lowest BCUT2D eigenvalue weighted by atomic mass is 9.97. The van der Waals surface area contributed by atoms with Gasteiger partial charge in [0.15, 0.2) is 0 Å². The highest BCUT2D eigenvalue weighted by atomic mass is 35.5. The van der Waals surface area contributed by atoms with E-state index < -0.39 is 0 Å². The molecule has 2 N–H and O–H groups in total. The lowest BCUT2D eigenvalue weighted by Crippen LogP contribution is -2.16. The van der Waals surface area contributed by atoms with Crippen LogP contribution >= 0.6 is 12.4 Å². The molecule has 0 spiro atoms. The first-order valence-corrected chi connectivity index (χ1v) is 8.25. The van der Waals surface area contributed by atoms with Crippen molar-refractivity contribution in [2.75, 3.05) is 20.2 Å². The van der Waals surface area contributed by atoms with Crippen molar-refractivity contribution in [2.45, 2.75) is 19.8 Å². The van der Waals surface area contributed by atoms with Gasteiger partial charge < -0.3 is 15.0 Å². The highest BCUT2D eigenvalue weighted by Gasteiger charge is 2.15. The van der Waals surface area contributed by atoms with Crippen molar-refractivity contribution in [3.8, 4) is 16.9 Å². The Balaban J connectivity index is 0.00000169. The summed E-state index contributed by atoms with van der Waals surface area (Å²) < 4.78 is 5.32. The van der Waals surface area contributed by atoms with Crippen molar-refractivity contribution in [1.82, 2.24) is 10.3 Å². The second-order valence-electron chi connectivity index (χ2n) is 6.27. The Labute approximate surface area is 148 Å². The zero-order chi connectivity index (χ0) is 15.8. The van der Waals surface area contributed by atoms with Crippen molar-refractivity contribution in [2.24, 2.45) is 0 Å². The lowest BCUT2D eigenvalue weighted by molar-refractivity contribution is 0.414. The molecule has 1 aliphatic heterocycles. The molecule has 0 bridgehead atoms. The number of halogens is 1. The minimum Gasteiger partial charge on any atom is -0.497 e. The maximum Gasteiger partial charge on any atom is 0.119 e. The highest BCUT2D eigenvalue weighted by Crippen LogP contribution is 2.32. The van der Waals surface area contributed by atoms with Crippen molar-refractivity contribution in [3.63, 3.8) is 0 Å². The second kappa shape index (κ2) is 6.88. The second-order valence-corrected chi connectivity index (χ2v) is 6.27. The van der Waals surface area contributed by atoms with E-state index in [9.17, 15) is 0 Å². The Morgan fingerprint density at radius 1 is 1.00 bits per heavy atom. The number of nitrogens with one attached hydrogen (secondary N) is 2. The Morgan fingerprint density at radius 2 is 1.83 bits per heavy atom. The third kappa shape index (κ3) is 2.90. The fourth-order valence-electron chi connectivity index (χ4n) is 3.61. The third-order valence-corrected chi connectivity index (χ3v) is 4.84. The molecule has 2 heterocycles. The van der Waals surface area contributed by atoms with E-state index >= 15 is 0 Å². The number of H-pyrrole nitrogens is 1. The van der Waals surface area contributed by atoms with E-state index in [2.05, 4.69) is 47.6 Å². The number of ether oxygens (including phenoxy) is 1. The molecule has 1 aromatic heterocycles. The van der Waals surface area contributed by atoms with Crippen LogP contribution in [0.1, 0.15) is 16.8 Å². The van der Waals surface area contributed by atoms with Gasteiger partial charge in [-0.15, -0.1) is 12.4 Å². The molecular formula is C20H23ClN2O. The molecule has 1 aliphatic rings. The summed E-state index contributed by atoms with van der Waals surface area (Å²) in [5.74, 6) is 0.911. The van der Waals surface area contributed by atoms with Gasteiger partial charge in [0.25, 0.3) is 0 Å². The molecule has 0 amide bonds. The molecule has 0 radical (unpaired) electrons. The number of hydrogen-bond donors (Lipinski definition) is 2. The SMILES string of the molecule is COc1ccc(-c2ccc3[nH]c4c(c3c2)CCNCC4)c(C)c1.Cl. The van der Waals surface area contributed by atoms with E-state index in [1.54, 1.807) is 7.11 Å². The van der Waals surface area contributed by atoms with E-state index in [0.29, 0.717) is 0 Å². The van der Waals surface area contributed by atoms with E-state index in [1.165, 1.54) is 38.9 Å². The average molecular weight is 343 g/mol. The zero-order valence-corrected chi connectivity index (χ0v) is 14.9. The summed E-state index contributed by atoms with van der Waals surface area (Å²) in [4.78, 5) is 3.61. The first-order valence-electron chi connectivity index (χ1n) is 8.25. The Kier molecular flexibility index (Phi) is 4.83. The van der Waals surface area contributed by atoms with E-state index in [1.807, 2.05) is 6.07 Å². The predicted octanol–water partition coefficient (Wildman–Crippen LogP) is 4.26. The zero-order valence-electron chi connectivity index (χ0n) is 14.1. The Hall–Kier alpha value is -1.97. The summed E-state index contributed by atoms with van der Waals surface area (Å²) >= 11 is 0. The minimum atomic E-state index is 0. The summed E-state index contributed by atoms with van der Waals surface area (Å²) in [5, 5.41) is 4.85. The molecule has 0 saturated carbocycles. The van der Waals surface area contributed by atoms with E-state index in [-0.39, 0.29) is 12.4 Å². The van der Waals surface area contributed by atoms with Gasteiger partial charge in [0.1, 0.15) is 5.75 Å². The largest absolute Gasteiger partial charge is 0.497 e. The summed E-state index contributed by atoms with van der Waals surface area (Å²) in [7, 11) is 1.71. The average Bonchev–Trinajstić information content (AvgIpc) is 2.75. The van der Waals surface area contributed by atoms with Crippen LogP contribution < -0.4 is 10.1 Å². The molecule has 2 aromatic carbocycles. The number of benzene rings is 2. The highest BCUT2D eigenvalue weighted by molar-refractivity contribution is 5.89. The van der Waals surface area contributed by atoms with Crippen molar-refractivity contribution in [1.29, 1.82) is 0 Å². The van der Waals surface area contributed by atoms with Crippen LogP contribution in [0.3, 0.4) is 0 Å². The van der Waals surface area contributed by atoms with Crippen LogP contribution in [0.4, 0.5) is 0 Å². The molecule has 126 valence electrons. The smallest absolute Gasteiger partial charge is 0.119 e. The van der Waals surface area contributed by atoms with Crippen molar-refractivity contribution >= 4 is 23.3 Å². The molecule has 0 fully saturated rings. The number of fused-ring (bicyclic) bond motifs is 3. The maximum absolute atomic E-state index is 5.32. The first kappa shape index (κ1) is 16.9. The van der Waals surface area contributed by atoms with Crippen LogP contribution in [-0.4, -0.2) is 25.2 Å². The number of aromatic nitrogens is 1. The molecule has 4 heteroatoms. The molecule has 0 unspecified atom stereocenters. The fraction of sp³-hybridized carbons (Fsp3) is 0.300. The monoisotopic (exact) mass is 342 g/mol. The Morgan fingerprint density at radius 3 is 2.62 bits per heavy atom. The summed E-state index contributed by atoms with van der Waals surface area (Å²) in [5.41, 5.74) is 7.93. The van der Waals surface area contributed by atoms with E-state index in [0.717, 1.165) is 31.7 Å². The molecule has 3 aromatic rings. The molecule has 0 aliphatic carbocycles. The van der Waals surface area contributed by atoms with Gasteiger partial charge in [-0.2, -0.15) is 0 Å². The standard InChI is InChI=1S/C20H22N2O.ClH/c1-13-11-15(23-2)4-5-16(13)14-3-6-19-18(12-14)17-7-9-21-10-8-20(17)22-19;/h3-6,11-12,21-22H,7-10H2,1-2H3;1H. The maximum atomic E-state index is 5.32. The van der Waals surface area contributed by atoms with Gasteiger partial charge in [-0.3, -0.25) is 0 Å². The fourth-order valence-corrected chi connectivity index (χ4v) is 3.61. The van der Waals surface area contributed by atoms with Gasteiger partial charge in [0, 0.05) is 29.6 Å². The number of aryl methyl sites for hydroxylation is 1. The predicted molar refractivity (Wildman–Crippen MR) is 103 cm³/mol.